The summed E-state index contributed by atoms with van der Waals surface area (Å²) in [7, 11) is -0.687. The molecule has 0 spiro atoms. The molecule has 27 heavy (non-hydrogen) atoms. The maximum absolute atomic E-state index is 12.9. The number of carbonyl (C=O) groups excluding carboxylic acids is 1. The Morgan fingerprint density at radius 2 is 2.00 bits per heavy atom. The SMILES string of the molecule is CN(C)S(=O)(=O)c1ccc(N2CCCC2)c(C(=O)NCC2CNCC2O)c1. The largest absolute Gasteiger partial charge is 0.391 e. The van der Waals surface area contributed by atoms with Crippen molar-refractivity contribution in [3.05, 3.63) is 23.8 Å². The second-order valence-electron chi connectivity index (χ2n) is 7.36. The Kier molecular flexibility index (Phi) is 6.05. The standard InChI is InChI=1S/C18H28N4O4S/c1-21(2)27(25,26)14-5-6-16(22-7-3-4-8-22)15(9-14)18(24)20-11-13-10-19-12-17(13)23/h5-6,9,13,17,19,23H,3-4,7-8,10-12H2,1-2H3,(H,20,24). The van der Waals surface area contributed by atoms with Crippen LogP contribution < -0.4 is 15.5 Å². The summed E-state index contributed by atoms with van der Waals surface area (Å²) in [5.74, 6) is -0.357. The van der Waals surface area contributed by atoms with Gasteiger partial charge in [-0.05, 0) is 31.0 Å². The molecule has 2 heterocycles. The number of nitrogens with zero attached hydrogens (tertiary/aromatic N) is 2. The van der Waals surface area contributed by atoms with Gasteiger partial charge in [0.15, 0.2) is 0 Å². The summed E-state index contributed by atoms with van der Waals surface area (Å²) in [4.78, 5) is 15.1. The third-order valence-electron chi connectivity index (χ3n) is 5.27. The van der Waals surface area contributed by atoms with E-state index < -0.39 is 16.1 Å². The molecule has 0 aliphatic carbocycles. The lowest BCUT2D eigenvalue weighted by Gasteiger charge is -2.23. The highest BCUT2D eigenvalue weighted by atomic mass is 32.2. The maximum atomic E-state index is 12.9. The molecule has 0 saturated carbocycles. The zero-order chi connectivity index (χ0) is 19.6. The van der Waals surface area contributed by atoms with E-state index in [0.29, 0.717) is 25.2 Å². The van der Waals surface area contributed by atoms with Crippen molar-refractivity contribution in [2.45, 2.75) is 23.8 Å². The van der Waals surface area contributed by atoms with Gasteiger partial charge in [0.25, 0.3) is 5.91 Å². The average molecular weight is 397 g/mol. The fraction of sp³-hybridized carbons (Fsp3) is 0.611. The van der Waals surface area contributed by atoms with Gasteiger partial charge in [0.1, 0.15) is 0 Å². The van der Waals surface area contributed by atoms with E-state index in [4.69, 9.17) is 0 Å². The van der Waals surface area contributed by atoms with Gasteiger partial charge in [-0.15, -0.1) is 0 Å². The Morgan fingerprint density at radius 1 is 1.30 bits per heavy atom. The number of sulfonamides is 1. The maximum Gasteiger partial charge on any atom is 0.253 e. The first kappa shape index (κ1) is 20.1. The number of aliphatic hydroxyl groups is 1. The molecule has 1 aromatic carbocycles. The molecular formula is C18H28N4O4S. The molecule has 8 nitrogen and oxygen atoms in total. The predicted molar refractivity (Wildman–Crippen MR) is 103 cm³/mol. The molecule has 2 fully saturated rings. The van der Waals surface area contributed by atoms with Crippen LogP contribution in [0.2, 0.25) is 0 Å². The zero-order valence-electron chi connectivity index (χ0n) is 15.8. The topological polar surface area (TPSA) is 102 Å². The smallest absolute Gasteiger partial charge is 0.253 e. The van der Waals surface area contributed by atoms with Crippen molar-refractivity contribution in [2.75, 3.05) is 51.7 Å². The minimum atomic E-state index is -3.63. The first-order chi connectivity index (χ1) is 12.8. The fourth-order valence-electron chi connectivity index (χ4n) is 3.55. The Hall–Kier alpha value is -1.68. The van der Waals surface area contributed by atoms with E-state index in [9.17, 15) is 18.3 Å². The van der Waals surface area contributed by atoms with Crippen molar-refractivity contribution in [3.8, 4) is 0 Å². The van der Waals surface area contributed by atoms with Gasteiger partial charge >= 0.3 is 0 Å². The molecule has 2 saturated heterocycles. The van der Waals surface area contributed by atoms with Crippen LogP contribution >= 0.6 is 0 Å². The normalized spacial score (nSPS) is 23.2. The summed E-state index contributed by atoms with van der Waals surface area (Å²) in [6.07, 6.45) is 1.63. The van der Waals surface area contributed by atoms with Crippen LogP contribution in [0.25, 0.3) is 0 Å². The van der Waals surface area contributed by atoms with Gasteiger partial charge in [0.2, 0.25) is 10.0 Å². The van der Waals surface area contributed by atoms with Crippen LogP contribution in [0, 0.1) is 5.92 Å². The van der Waals surface area contributed by atoms with Crippen molar-refractivity contribution in [1.82, 2.24) is 14.9 Å². The second-order valence-corrected chi connectivity index (χ2v) is 9.51. The molecule has 0 radical (unpaired) electrons. The molecule has 3 rings (SSSR count). The van der Waals surface area contributed by atoms with Crippen LogP contribution in [0.5, 0.6) is 0 Å². The number of β-amino-alcohol motifs (C(OH)–C–C–N with tert-alkyl or cyclic N) is 1. The number of hydrogen-bond acceptors (Lipinski definition) is 6. The number of anilines is 1. The van der Waals surface area contributed by atoms with E-state index in [1.165, 1.54) is 20.2 Å². The quantitative estimate of drug-likeness (QED) is 0.618. The molecule has 0 bridgehead atoms. The van der Waals surface area contributed by atoms with Crippen molar-refractivity contribution >= 4 is 21.6 Å². The van der Waals surface area contributed by atoms with Crippen molar-refractivity contribution in [1.29, 1.82) is 0 Å². The Balaban J connectivity index is 1.88. The van der Waals surface area contributed by atoms with Crippen LogP contribution in [-0.4, -0.2) is 76.7 Å². The molecule has 2 atom stereocenters. The van der Waals surface area contributed by atoms with Gasteiger partial charge in [0.05, 0.1) is 16.6 Å². The van der Waals surface area contributed by atoms with Crippen LogP contribution in [-0.2, 0) is 10.0 Å². The summed E-state index contributed by atoms with van der Waals surface area (Å²) in [6.45, 7) is 3.22. The number of hydrogen-bond donors (Lipinski definition) is 3. The minimum Gasteiger partial charge on any atom is -0.391 e. The van der Waals surface area contributed by atoms with E-state index in [1.54, 1.807) is 12.1 Å². The molecule has 150 valence electrons. The number of benzene rings is 1. The number of carbonyl (C=O) groups is 1. The average Bonchev–Trinajstić information content (AvgIpc) is 3.30. The van der Waals surface area contributed by atoms with Gasteiger partial charge < -0.3 is 20.6 Å². The van der Waals surface area contributed by atoms with Crippen molar-refractivity contribution < 1.29 is 18.3 Å². The summed E-state index contributed by atoms with van der Waals surface area (Å²) >= 11 is 0. The number of aliphatic hydroxyl groups excluding tert-OH is 1. The molecular weight excluding hydrogens is 368 g/mol. The van der Waals surface area contributed by atoms with Crippen LogP contribution in [0.4, 0.5) is 5.69 Å². The first-order valence-corrected chi connectivity index (χ1v) is 10.7. The monoisotopic (exact) mass is 396 g/mol. The van der Waals surface area contributed by atoms with E-state index in [-0.39, 0.29) is 16.7 Å². The number of nitrogens with one attached hydrogen (secondary N) is 2. The first-order valence-electron chi connectivity index (χ1n) is 9.29. The Bertz CT molecular complexity index is 791. The van der Waals surface area contributed by atoms with Crippen molar-refractivity contribution in [3.63, 3.8) is 0 Å². The summed E-state index contributed by atoms with van der Waals surface area (Å²) in [6, 6.07) is 4.74. The van der Waals surface area contributed by atoms with Crippen LogP contribution in [0.1, 0.15) is 23.2 Å². The second kappa shape index (κ2) is 8.14. The van der Waals surface area contributed by atoms with Crippen LogP contribution in [0.15, 0.2) is 23.1 Å². The lowest BCUT2D eigenvalue weighted by atomic mass is 10.1. The molecule has 0 aromatic heterocycles. The van der Waals surface area contributed by atoms with Gasteiger partial charge in [0, 0.05) is 58.4 Å². The van der Waals surface area contributed by atoms with Gasteiger partial charge in [-0.3, -0.25) is 4.79 Å². The Morgan fingerprint density at radius 3 is 2.59 bits per heavy atom. The minimum absolute atomic E-state index is 0.0436. The van der Waals surface area contributed by atoms with E-state index in [0.717, 1.165) is 35.9 Å². The number of amides is 1. The zero-order valence-corrected chi connectivity index (χ0v) is 16.6. The number of rotatable bonds is 6. The molecule has 9 heteroatoms. The molecule has 1 amide bonds. The third kappa shape index (κ3) is 4.26. The van der Waals surface area contributed by atoms with Gasteiger partial charge in [-0.25, -0.2) is 12.7 Å². The van der Waals surface area contributed by atoms with E-state index >= 15 is 0 Å². The summed E-state index contributed by atoms with van der Waals surface area (Å²) < 4.78 is 26.1. The predicted octanol–water partition coefficient (Wildman–Crippen LogP) is -0.153. The summed E-state index contributed by atoms with van der Waals surface area (Å²) in [5.41, 5.74) is 1.12. The van der Waals surface area contributed by atoms with Gasteiger partial charge in [-0.1, -0.05) is 0 Å². The molecule has 2 aliphatic rings. The summed E-state index contributed by atoms with van der Waals surface area (Å²) in [5, 5.41) is 15.9. The highest BCUT2D eigenvalue weighted by Crippen LogP contribution is 2.28. The lowest BCUT2D eigenvalue weighted by Crippen LogP contribution is -2.35. The highest BCUT2D eigenvalue weighted by molar-refractivity contribution is 7.89. The third-order valence-corrected chi connectivity index (χ3v) is 7.08. The lowest BCUT2D eigenvalue weighted by molar-refractivity contribution is 0.0927. The van der Waals surface area contributed by atoms with E-state index in [2.05, 4.69) is 15.5 Å². The fourth-order valence-corrected chi connectivity index (χ4v) is 4.48. The van der Waals surface area contributed by atoms with Crippen molar-refractivity contribution in [2.24, 2.45) is 5.92 Å². The molecule has 2 aliphatic heterocycles. The molecule has 2 unspecified atom stereocenters. The highest BCUT2D eigenvalue weighted by Gasteiger charge is 2.27. The molecule has 1 aromatic rings. The van der Waals surface area contributed by atoms with E-state index in [1.807, 2.05) is 0 Å². The van der Waals surface area contributed by atoms with Crippen LogP contribution in [0.3, 0.4) is 0 Å². The molecule has 3 N–H and O–H groups in total. The van der Waals surface area contributed by atoms with Gasteiger partial charge in [-0.2, -0.15) is 0 Å². The Labute approximate surface area is 160 Å².